The van der Waals surface area contributed by atoms with E-state index in [4.69, 9.17) is 9.72 Å². The maximum atomic E-state index is 12.4. The number of rotatable bonds is 6. The lowest BCUT2D eigenvalue weighted by molar-refractivity contribution is -0.141. The van der Waals surface area contributed by atoms with Crippen LogP contribution in [0.1, 0.15) is 30.0 Å². The van der Waals surface area contributed by atoms with Gasteiger partial charge in [-0.25, -0.2) is 4.98 Å². The van der Waals surface area contributed by atoms with Crippen LogP contribution in [0.25, 0.3) is 22.2 Å². The van der Waals surface area contributed by atoms with Crippen LogP contribution in [0.3, 0.4) is 0 Å². The van der Waals surface area contributed by atoms with Gasteiger partial charge in [0.2, 0.25) is 5.91 Å². The van der Waals surface area contributed by atoms with E-state index in [1.165, 1.54) is 0 Å². The average Bonchev–Trinajstić information content (AvgIpc) is 3.54. The number of benzene rings is 3. The molecule has 0 bridgehead atoms. The van der Waals surface area contributed by atoms with E-state index in [1.54, 1.807) is 0 Å². The van der Waals surface area contributed by atoms with Gasteiger partial charge in [-0.05, 0) is 42.7 Å². The lowest BCUT2D eigenvalue weighted by Gasteiger charge is -2.13. The van der Waals surface area contributed by atoms with Gasteiger partial charge in [-0.2, -0.15) is 0 Å². The molecule has 1 unspecified atom stereocenters. The number of amides is 1. The van der Waals surface area contributed by atoms with Gasteiger partial charge in [0, 0.05) is 16.5 Å². The SMILES string of the molecule is O=C(O)[C@@H]1C[C@]12CC(c1ccc(OCc3cc(-c4ccccc4)nc4ccccc34)cc1)NC2=O. The molecule has 3 atom stereocenters. The van der Waals surface area contributed by atoms with Gasteiger partial charge in [0.1, 0.15) is 12.4 Å². The minimum absolute atomic E-state index is 0.144. The molecule has 4 aromatic rings. The van der Waals surface area contributed by atoms with Crippen molar-refractivity contribution in [3.05, 3.63) is 96.1 Å². The molecule has 1 spiro atoms. The van der Waals surface area contributed by atoms with Crippen molar-refractivity contribution < 1.29 is 19.4 Å². The zero-order valence-electron chi connectivity index (χ0n) is 19.0. The lowest BCUT2D eigenvalue weighted by atomic mass is 9.95. The van der Waals surface area contributed by atoms with Crippen molar-refractivity contribution in [1.29, 1.82) is 0 Å². The molecule has 2 heterocycles. The predicted octanol–water partition coefficient (Wildman–Crippen LogP) is 5.13. The minimum Gasteiger partial charge on any atom is -0.489 e. The van der Waals surface area contributed by atoms with E-state index in [-0.39, 0.29) is 11.9 Å². The second-order valence-corrected chi connectivity index (χ2v) is 9.39. The summed E-state index contributed by atoms with van der Waals surface area (Å²) >= 11 is 0. The van der Waals surface area contributed by atoms with Crippen molar-refractivity contribution >= 4 is 22.8 Å². The number of carboxylic acids is 1. The van der Waals surface area contributed by atoms with E-state index in [0.717, 1.165) is 39.0 Å². The van der Waals surface area contributed by atoms with Crippen molar-refractivity contribution in [1.82, 2.24) is 10.3 Å². The number of hydrogen-bond donors (Lipinski definition) is 2. The summed E-state index contributed by atoms with van der Waals surface area (Å²) in [5.74, 6) is -0.867. The quantitative estimate of drug-likeness (QED) is 0.413. The van der Waals surface area contributed by atoms with Crippen LogP contribution < -0.4 is 10.1 Å². The van der Waals surface area contributed by atoms with Crippen molar-refractivity contribution in [2.75, 3.05) is 0 Å². The minimum atomic E-state index is -0.886. The van der Waals surface area contributed by atoms with Crippen LogP contribution >= 0.6 is 0 Å². The largest absolute Gasteiger partial charge is 0.489 e. The van der Waals surface area contributed by atoms with E-state index in [1.807, 2.05) is 72.8 Å². The first-order chi connectivity index (χ1) is 17.0. The van der Waals surface area contributed by atoms with Crippen LogP contribution in [0.2, 0.25) is 0 Å². The second kappa shape index (κ2) is 8.24. The molecule has 2 fully saturated rings. The third kappa shape index (κ3) is 3.81. The maximum Gasteiger partial charge on any atom is 0.307 e. The molecule has 3 aromatic carbocycles. The Kier molecular flexibility index (Phi) is 5.02. The van der Waals surface area contributed by atoms with Crippen LogP contribution in [-0.2, 0) is 16.2 Å². The molecule has 6 rings (SSSR count). The molecule has 1 saturated heterocycles. The highest BCUT2D eigenvalue weighted by Gasteiger charge is 2.67. The van der Waals surface area contributed by atoms with Crippen LogP contribution in [0, 0.1) is 11.3 Å². The van der Waals surface area contributed by atoms with Gasteiger partial charge in [-0.3, -0.25) is 9.59 Å². The third-order valence-corrected chi connectivity index (χ3v) is 7.25. The summed E-state index contributed by atoms with van der Waals surface area (Å²) in [6.45, 7) is 0.395. The molecule has 0 radical (unpaired) electrons. The first kappa shape index (κ1) is 21.4. The van der Waals surface area contributed by atoms with Crippen LogP contribution in [-0.4, -0.2) is 22.0 Å². The van der Waals surface area contributed by atoms with Gasteiger partial charge in [0.15, 0.2) is 0 Å². The van der Waals surface area contributed by atoms with Crippen molar-refractivity contribution in [2.45, 2.75) is 25.5 Å². The monoisotopic (exact) mass is 464 g/mol. The fraction of sp³-hybridized carbons (Fsp3) is 0.207. The fourth-order valence-corrected chi connectivity index (χ4v) is 5.20. The number of para-hydroxylation sites is 1. The average molecular weight is 465 g/mol. The fourth-order valence-electron chi connectivity index (χ4n) is 5.20. The van der Waals surface area contributed by atoms with Crippen LogP contribution in [0.4, 0.5) is 0 Å². The van der Waals surface area contributed by atoms with Crippen LogP contribution in [0.5, 0.6) is 5.75 Å². The number of pyridine rings is 1. The smallest absolute Gasteiger partial charge is 0.307 e. The second-order valence-electron chi connectivity index (χ2n) is 9.39. The topological polar surface area (TPSA) is 88.5 Å². The van der Waals surface area contributed by atoms with Gasteiger partial charge < -0.3 is 15.2 Å². The Balaban J connectivity index is 1.19. The lowest BCUT2D eigenvalue weighted by Crippen LogP contribution is -2.24. The summed E-state index contributed by atoms with van der Waals surface area (Å²) < 4.78 is 6.14. The molecule has 2 N–H and O–H groups in total. The zero-order valence-corrected chi connectivity index (χ0v) is 19.0. The number of aliphatic carboxylic acids is 1. The van der Waals surface area contributed by atoms with E-state index in [9.17, 15) is 14.7 Å². The molecular formula is C29H24N2O4. The summed E-state index contributed by atoms with van der Waals surface area (Å²) in [6, 6.07) is 27.7. The molecule has 6 heteroatoms. The Labute approximate surface area is 202 Å². The van der Waals surface area contributed by atoms with Gasteiger partial charge >= 0.3 is 5.97 Å². The molecule has 1 aromatic heterocycles. The highest BCUT2D eigenvalue weighted by atomic mass is 16.5. The Morgan fingerprint density at radius 1 is 1.00 bits per heavy atom. The number of carboxylic acid groups (broad SMARTS) is 1. The van der Waals surface area contributed by atoms with Gasteiger partial charge in [0.25, 0.3) is 0 Å². The van der Waals surface area contributed by atoms with Crippen molar-refractivity contribution in [2.24, 2.45) is 11.3 Å². The molecule has 174 valence electrons. The maximum absolute atomic E-state index is 12.4. The van der Waals surface area contributed by atoms with Crippen molar-refractivity contribution in [3.63, 3.8) is 0 Å². The third-order valence-electron chi connectivity index (χ3n) is 7.25. The number of nitrogens with one attached hydrogen (secondary N) is 1. The summed E-state index contributed by atoms with van der Waals surface area (Å²) in [7, 11) is 0. The molecule has 1 amide bonds. The molecule has 6 nitrogen and oxygen atoms in total. The Hall–Kier alpha value is -4.19. The number of carbonyl (C=O) groups excluding carboxylic acids is 1. The molecule has 2 aliphatic rings. The highest BCUT2D eigenvalue weighted by Crippen LogP contribution is 2.60. The number of aromatic nitrogens is 1. The van der Waals surface area contributed by atoms with Gasteiger partial charge in [-0.15, -0.1) is 0 Å². The first-order valence-electron chi connectivity index (χ1n) is 11.7. The Bertz CT molecular complexity index is 1430. The van der Waals surface area contributed by atoms with Gasteiger partial charge in [0.05, 0.1) is 28.6 Å². The number of ether oxygens (including phenoxy) is 1. The van der Waals surface area contributed by atoms with Gasteiger partial charge in [-0.1, -0.05) is 60.7 Å². The first-order valence-corrected chi connectivity index (χ1v) is 11.7. The summed E-state index contributed by atoms with van der Waals surface area (Å²) in [5.41, 5.74) is 4.17. The highest BCUT2D eigenvalue weighted by molar-refractivity contribution is 5.95. The Morgan fingerprint density at radius 2 is 1.74 bits per heavy atom. The van der Waals surface area contributed by atoms with Crippen LogP contribution in [0.15, 0.2) is 84.9 Å². The normalized spacial score (nSPS) is 22.8. The molecule has 1 saturated carbocycles. The van der Waals surface area contributed by atoms with E-state index < -0.39 is 17.3 Å². The van der Waals surface area contributed by atoms with E-state index in [2.05, 4.69) is 17.4 Å². The number of carbonyl (C=O) groups is 2. The standard InChI is InChI=1S/C29H24N2O4/c32-27(33)23-15-29(23)16-26(31-28(29)34)19-10-12-21(13-11-19)35-17-20-14-25(18-6-2-1-3-7-18)30-24-9-5-4-8-22(20)24/h1-14,23,26H,15-17H2,(H,31,34)(H,32,33)/t23-,26?,29-/m0/s1. The Morgan fingerprint density at radius 3 is 2.49 bits per heavy atom. The zero-order chi connectivity index (χ0) is 24.0. The number of hydrogen-bond acceptors (Lipinski definition) is 4. The van der Waals surface area contributed by atoms with Crippen molar-refractivity contribution in [3.8, 4) is 17.0 Å². The van der Waals surface area contributed by atoms with E-state index in [0.29, 0.717) is 19.4 Å². The van der Waals surface area contributed by atoms with E-state index >= 15 is 0 Å². The number of nitrogens with zero attached hydrogens (tertiary/aromatic N) is 1. The number of fused-ring (bicyclic) bond motifs is 1. The molecule has 1 aliphatic heterocycles. The molecule has 35 heavy (non-hydrogen) atoms. The molecule has 1 aliphatic carbocycles. The molecular weight excluding hydrogens is 440 g/mol. The predicted molar refractivity (Wildman–Crippen MR) is 132 cm³/mol. The summed E-state index contributed by atoms with van der Waals surface area (Å²) in [5, 5.41) is 13.3. The summed E-state index contributed by atoms with van der Waals surface area (Å²) in [6.07, 6.45) is 0.949. The summed E-state index contributed by atoms with van der Waals surface area (Å²) in [4.78, 5) is 28.6.